The fraction of sp³-hybridized carbons (Fsp3) is 0.500. The molecule has 2 N–H and O–H groups in total. The first-order valence-electron chi connectivity index (χ1n) is 6.72. The Kier molecular flexibility index (Phi) is 4.54. The molecule has 2 aromatic heterocycles. The average molecular weight is 291 g/mol. The lowest BCUT2D eigenvalue weighted by Gasteiger charge is -2.15. The Morgan fingerprint density at radius 3 is 2.45 bits per heavy atom. The maximum absolute atomic E-state index is 4.63. The summed E-state index contributed by atoms with van der Waals surface area (Å²) >= 11 is 1.66. The molecule has 0 amide bonds. The van der Waals surface area contributed by atoms with E-state index in [1.54, 1.807) is 11.3 Å². The highest BCUT2D eigenvalue weighted by Gasteiger charge is 2.12. The Bertz CT molecular complexity index is 591. The predicted molar refractivity (Wildman–Crippen MR) is 84.6 cm³/mol. The maximum atomic E-state index is 4.63. The number of aryl methyl sites for hydroxylation is 1. The van der Waals surface area contributed by atoms with Gasteiger partial charge in [-0.1, -0.05) is 13.8 Å². The molecule has 0 spiro atoms. The van der Waals surface area contributed by atoms with Crippen LogP contribution in [0.2, 0.25) is 0 Å². The van der Waals surface area contributed by atoms with Gasteiger partial charge in [-0.25, -0.2) is 15.0 Å². The SMILES string of the molecule is CNc1nc(C(C)C)nc(NCc2scnc2C)c1C. The van der Waals surface area contributed by atoms with Gasteiger partial charge in [-0.15, -0.1) is 11.3 Å². The van der Waals surface area contributed by atoms with Gasteiger partial charge >= 0.3 is 0 Å². The van der Waals surface area contributed by atoms with Crippen LogP contribution in [0.25, 0.3) is 0 Å². The first kappa shape index (κ1) is 14.7. The molecule has 0 saturated carbocycles. The zero-order valence-electron chi connectivity index (χ0n) is 12.6. The molecule has 0 atom stereocenters. The van der Waals surface area contributed by atoms with Gasteiger partial charge in [0.25, 0.3) is 0 Å². The lowest BCUT2D eigenvalue weighted by atomic mass is 10.2. The minimum absolute atomic E-state index is 0.299. The zero-order valence-corrected chi connectivity index (χ0v) is 13.4. The lowest BCUT2D eigenvalue weighted by molar-refractivity contribution is 0.773. The van der Waals surface area contributed by atoms with E-state index in [0.717, 1.165) is 35.3 Å². The van der Waals surface area contributed by atoms with Crippen molar-refractivity contribution in [1.29, 1.82) is 0 Å². The number of aromatic nitrogens is 3. The van der Waals surface area contributed by atoms with Gasteiger partial charge in [0.15, 0.2) is 0 Å². The maximum Gasteiger partial charge on any atom is 0.135 e. The Balaban J connectivity index is 2.26. The van der Waals surface area contributed by atoms with E-state index in [-0.39, 0.29) is 0 Å². The molecule has 6 heteroatoms. The highest BCUT2D eigenvalue weighted by molar-refractivity contribution is 7.09. The second kappa shape index (κ2) is 6.17. The van der Waals surface area contributed by atoms with Crippen molar-refractivity contribution in [2.45, 2.75) is 40.2 Å². The van der Waals surface area contributed by atoms with Crippen LogP contribution in [-0.4, -0.2) is 22.0 Å². The molecule has 2 heterocycles. The van der Waals surface area contributed by atoms with E-state index < -0.39 is 0 Å². The number of anilines is 2. The van der Waals surface area contributed by atoms with Crippen molar-refractivity contribution in [1.82, 2.24) is 15.0 Å². The molecule has 108 valence electrons. The van der Waals surface area contributed by atoms with Gasteiger partial charge in [-0.05, 0) is 13.8 Å². The third-order valence-electron chi connectivity index (χ3n) is 3.18. The van der Waals surface area contributed by atoms with E-state index in [2.05, 4.69) is 39.4 Å². The van der Waals surface area contributed by atoms with E-state index in [1.807, 2.05) is 26.4 Å². The van der Waals surface area contributed by atoms with Gasteiger partial charge in [0, 0.05) is 23.4 Å². The second-order valence-corrected chi connectivity index (χ2v) is 5.96. The summed E-state index contributed by atoms with van der Waals surface area (Å²) in [5, 5.41) is 6.54. The molecular formula is C14H21N5S. The van der Waals surface area contributed by atoms with Crippen molar-refractivity contribution in [3.05, 3.63) is 27.5 Å². The van der Waals surface area contributed by atoms with Crippen LogP contribution in [0.5, 0.6) is 0 Å². The summed E-state index contributed by atoms with van der Waals surface area (Å²) in [7, 11) is 1.89. The monoisotopic (exact) mass is 291 g/mol. The van der Waals surface area contributed by atoms with Crippen molar-refractivity contribution in [2.75, 3.05) is 17.7 Å². The number of thiazole rings is 1. The van der Waals surface area contributed by atoms with Gasteiger partial charge in [0.05, 0.1) is 17.7 Å². The van der Waals surface area contributed by atoms with Gasteiger partial charge in [0.1, 0.15) is 17.5 Å². The molecule has 20 heavy (non-hydrogen) atoms. The first-order chi connectivity index (χ1) is 9.52. The van der Waals surface area contributed by atoms with Crippen LogP contribution in [0.3, 0.4) is 0 Å². The molecule has 0 aliphatic rings. The van der Waals surface area contributed by atoms with Crippen molar-refractivity contribution < 1.29 is 0 Å². The normalized spacial score (nSPS) is 10.9. The Morgan fingerprint density at radius 1 is 1.20 bits per heavy atom. The molecule has 2 aromatic rings. The van der Waals surface area contributed by atoms with Gasteiger partial charge in [-0.3, -0.25) is 0 Å². The van der Waals surface area contributed by atoms with Crippen LogP contribution in [0, 0.1) is 13.8 Å². The van der Waals surface area contributed by atoms with Crippen LogP contribution in [0.15, 0.2) is 5.51 Å². The fourth-order valence-electron chi connectivity index (χ4n) is 1.87. The second-order valence-electron chi connectivity index (χ2n) is 5.02. The number of rotatable bonds is 5. The van der Waals surface area contributed by atoms with Crippen LogP contribution in [-0.2, 0) is 6.54 Å². The van der Waals surface area contributed by atoms with E-state index in [4.69, 9.17) is 0 Å². The Morgan fingerprint density at radius 2 is 1.90 bits per heavy atom. The summed E-state index contributed by atoms with van der Waals surface area (Å²) in [6, 6.07) is 0. The molecule has 0 aliphatic heterocycles. The fourth-order valence-corrected chi connectivity index (χ4v) is 2.58. The van der Waals surface area contributed by atoms with Crippen molar-refractivity contribution in [3.8, 4) is 0 Å². The molecule has 0 aromatic carbocycles. The summed E-state index contributed by atoms with van der Waals surface area (Å²) in [6.45, 7) is 8.99. The molecule has 0 unspecified atom stereocenters. The molecule has 0 saturated heterocycles. The van der Waals surface area contributed by atoms with E-state index in [0.29, 0.717) is 5.92 Å². The summed E-state index contributed by atoms with van der Waals surface area (Å²) in [4.78, 5) is 14.7. The zero-order chi connectivity index (χ0) is 14.7. The van der Waals surface area contributed by atoms with E-state index in [1.165, 1.54) is 4.88 Å². The van der Waals surface area contributed by atoms with Crippen LogP contribution >= 0.6 is 11.3 Å². The minimum atomic E-state index is 0.299. The highest BCUT2D eigenvalue weighted by Crippen LogP contribution is 2.24. The van der Waals surface area contributed by atoms with E-state index >= 15 is 0 Å². The smallest absolute Gasteiger partial charge is 0.135 e. The molecule has 0 aliphatic carbocycles. The Hall–Kier alpha value is -1.69. The summed E-state index contributed by atoms with van der Waals surface area (Å²) < 4.78 is 0. The van der Waals surface area contributed by atoms with Crippen molar-refractivity contribution in [2.24, 2.45) is 0 Å². The molecule has 5 nitrogen and oxygen atoms in total. The topological polar surface area (TPSA) is 62.7 Å². The third kappa shape index (κ3) is 3.07. The van der Waals surface area contributed by atoms with Crippen molar-refractivity contribution >= 4 is 23.0 Å². The standard InChI is InChI=1S/C14H21N5S/c1-8(2)12-18-13(15-5)9(3)14(19-12)16-6-11-10(4)17-7-20-11/h7-8H,6H2,1-5H3,(H2,15,16,18,19). The third-order valence-corrected chi connectivity index (χ3v) is 4.11. The molecular weight excluding hydrogens is 270 g/mol. The quantitative estimate of drug-likeness (QED) is 0.884. The van der Waals surface area contributed by atoms with Crippen molar-refractivity contribution in [3.63, 3.8) is 0 Å². The largest absolute Gasteiger partial charge is 0.373 e. The highest BCUT2D eigenvalue weighted by atomic mass is 32.1. The van der Waals surface area contributed by atoms with Gasteiger partial charge < -0.3 is 10.6 Å². The first-order valence-corrected chi connectivity index (χ1v) is 7.60. The lowest BCUT2D eigenvalue weighted by Crippen LogP contribution is -2.10. The molecule has 2 rings (SSSR count). The molecule has 0 radical (unpaired) electrons. The number of hydrogen-bond donors (Lipinski definition) is 2. The summed E-state index contributed by atoms with van der Waals surface area (Å²) in [5.41, 5.74) is 3.99. The average Bonchev–Trinajstić information content (AvgIpc) is 2.83. The van der Waals surface area contributed by atoms with Crippen LogP contribution in [0.1, 0.15) is 41.7 Å². The predicted octanol–water partition coefficient (Wildman–Crippen LogP) is 3.33. The van der Waals surface area contributed by atoms with Gasteiger partial charge in [0.2, 0.25) is 0 Å². The number of nitrogens with one attached hydrogen (secondary N) is 2. The van der Waals surface area contributed by atoms with Crippen LogP contribution in [0.4, 0.5) is 11.6 Å². The van der Waals surface area contributed by atoms with Crippen LogP contribution < -0.4 is 10.6 Å². The van der Waals surface area contributed by atoms with Gasteiger partial charge in [-0.2, -0.15) is 0 Å². The molecule has 0 bridgehead atoms. The molecule has 0 fully saturated rings. The summed E-state index contributed by atoms with van der Waals surface area (Å²) in [5.74, 6) is 2.92. The Labute approximate surface area is 123 Å². The summed E-state index contributed by atoms with van der Waals surface area (Å²) in [6.07, 6.45) is 0. The number of nitrogens with zero attached hydrogens (tertiary/aromatic N) is 3. The van der Waals surface area contributed by atoms with E-state index in [9.17, 15) is 0 Å². The minimum Gasteiger partial charge on any atom is -0.373 e. The number of hydrogen-bond acceptors (Lipinski definition) is 6.